The van der Waals surface area contributed by atoms with E-state index >= 15 is 0 Å². The van der Waals surface area contributed by atoms with Crippen molar-refractivity contribution < 1.29 is 14.6 Å². The number of likely N-dealkylation sites (N-methyl/N-ethyl adjacent to an activating group) is 1. The first-order chi connectivity index (χ1) is 18.8. The number of halogens is 1. The number of methoxy groups -OCH3 is 1. The van der Waals surface area contributed by atoms with Crippen molar-refractivity contribution in [3.63, 3.8) is 0 Å². The Bertz CT molecular complexity index is 1820. The highest BCUT2D eigenvalue weighted by Gasteiger charge is 2.36. The van der Waals surface area contributed by atoms with Crippen LogP contribution in [0.1, 0.15) is 37.9 Å². The standard InChI is InChI=1S/C30H28BrN3O4S/c1-5-33(6-2)29(37)25-17(3)32-30-34(28(36)24(39-30)16-19-15-20(31)12-13-22(19)35)27(25)26-21-10-8-7-9-18(21)11-14-23(26)38-4/h7-16,27,35H,5-6H2,1-4H3/b24-16+/t27-/m0/s1. The fourth-order valence-corrected chi connectivity index (χ4v) is 6.48. The third-order valence-electron chi connectivity index (χ3n) is 7.00. The Morgan fingerprint density at radius 1 is 1.18 bits per heavy atom. The fourth-order valence-electron chi connectivity index (χ4n) is 5.07. The minimum Gasteiger partial charge on any atom is -0.507 e. The van der Waals surface area contributed by atoms with Crippen molar-refractivity contribution in [2.45, 2.75) is 26.8 Å². The zero-order chi connectivity index (χ0) is 27.8. The highest BCUT2D eigenvalue weighted by atomic mass is 79.9. The molecule has 0 fully saturated rings. The lowest BCUT2D eigenvalue weighted by Gasteiger charge is -2.30. The van der Waals surface area contributed by atoms with Crippen LogP contribution in [-0.2, 0) is 4.79 Å². The summed E-state index contributed by atoms with van der Waals surface area (Å²) in [6.07, 6.45) is 1.66. The van der Waals surface area contributed by atoms with E-state index < -0.39 is 6.04 Å². The predicted octanol–water partition coefficient (Wildman–Crippen LogP) is 4.73. The van der Waals surface area contributed by atoms with Gasteiger partial charge in [-0.05, 0) is 61.9 Å². The van der Waals surface area contributed by atoms with Crippen LogP contribution in [0.4, 0.5) is 0 Å². The quantitative estimate of drug-likeness (QED) is 0.344. The minimum absolute atomic E-state index is 0.0601. The zero-order valence-electron chi connectivity index (χ0n) is 22.1. The van der Waals surface area contributed by atoms with Gasteiger partial charge in [0, 0.05) is 28.7 Å². The van der Waals surface area contributed by atoms with Crippen molar-refractivity contribution in [3.8, 4) is 11.5 Å². The molecule has 0 saturated heterocycles. The van der Waals surface area contributed by atoms with E-state index in [1.54, 1.807) is 40.9 Å². The van der Waals surface area contributed by atoms with E-state index in [0.717, 1.165) is 20.8 Å². The van der Waals surface area contributed by atoms with E-state index in [2.05, 4.69) is 15.9 Å². The number of ether oxygens (including phenoxy) is 1. The molecule has 3 aromatic carbocycles. The molecule has 200 valence electrons. The number of hydrogen-bond acceptors (Lipinski definition) is 6. The molecule has 0 bridgehead atoms. The maximum atomic E-state index is 14.1. The smallest absolute Gasteiger partial charge is 0.271 e. The molecule has 0 aliphatic carbocycles. The highest BCUT2D eigenvalue weighted by molar-refractivity contribution is 9.10. The Balaban J connectivity index is 1.87. The topological polar surface area (TPSA) is 84.1 Å². The third kappa shape index (κ3) is 4.70. The molecule has 7 nitrogen and oxygen atoms in total. The minimum atomic E-state index is -0.756. The summed E-state index contributed by atoms with van der Waals surface area (Å²) in [7, 11) is 1.59. The van der Waals surface area contributed by atoms with E-state index in [4.69, 9.17) is 9.73 Å². The number of rotatable bonds is 6. The number of phenolic OH excluding ortho intramolecular Hbond substituents is 1. The lowest BCUT2D eigenvalue weighted by atomic mass is 9.90. The van der Waals surface area contributed by atoms with Gasteiger partial charge >= 0.3 is 0 Å². The van der Waals surface area contributed by atoms with Gasteiger partial charge in [0.1, 0.15) is 17.5 Å². The molecule has 2 heterocycles. The van der Waals surface area contributed by atoms with Gasteiger partial charge in [-0.25, -0.2) is 4.99 Å². The molecule has 0 radical (unpaired) electrons. The average molecular weight is 607 g/mol. The van der Waals surface area contributed by atoms with Gasteiger partial charge in [-0.1, -0.05) is 57.6 Å². The van der Waals surface area contributed by atoms with Crippen molar-refractivity contribution >= 4 is 50.0 Å². The SMILES string of the molecule is CCN(CC)C(=O)C1=C(C)N=c2s/c(=C/c3cc(Br)ccc3O)c(=O)n2[C@@H]1c1c(OC)ccc2ccccc12. The molecule has 1 aliphatic heterocycles. The molecule has 9 heteroatoms. The van der Waals surface area contributed by atoms with Crippen molar-refractivity contribution in [2.24, 2.45) is 4.99 Å². The number of nitrogens with zero attached hydrogens (tertiary/aromatic N) is 3. The molecule has 0 unspecified atom stereocenters. The summed E-state index contributed by atoms with van der Waals surface area (Å²) in [4.78, 5) is 35.1. The molecule has 1 amide bonds. The van der Waals surface area contributed by atoms with E-state index in [1.165, 1.54) is 11.3 Å². The monoisotopic (exact) mass is 605 g/mol. The number of benzene rings is 3. The first-order valence-electron chi connectivity index (χ1n) is 12.6. The van der Waals surface area contributed by atoms with Crippen LogP contribution in [0.5, 0.6) is 11.5 Å². The van der Waals surface area contributed by atoms with Crippen LogP contribution >= 0.6 is 27.3 Å². The van der Waals surface area contributed by atoms with E-state index in [0.29, 0.717) is 45.0 Å². The van der Waals surface area contributed by atoms with Crippen LogP contribution in [0.2, 0.25) is 0 Å². The summed E-state index contributed by atoms with van der Waals surface area (Å²) in [6, 6.07) is 16.0. The van der Waals surface area contributed by atoms with Crippen LogP contribution in [0, 0.1) is 0 Å². The number of fused-ring (bicyclic) bond motifs is 2. The number of amides is 1. The van der Waals surface area contributed by atoms with E-state index in [-0.39, 0.29) is 17.2 Å². The Hall–Kier alpha value is -3.69. The normalized spacial score (nSPS) is 15.3. The molecular formula is C30H28BrN3O4S. The van der Waals surface area contributed by atoms with Gasteiger partial charge in [-0.3, -0.25) is 14.2 Å². The number of aromatic nitrogens is 1. The molecule has 1 atom stereocenters. The van der Waals surface area contributed by atoms with Gasteiger partial charge in [0.25, 0.3) is 11.5 Å². The summed E-state index contributed by atoms with van der Waals surface area (Å²) in [6.45, 7) is 6.74. The molecule has 5 rings (SSSR count). The molecule has 39 heavy (non-hydrogen) atoms. The Labute approximate surface area is 238 Å². The molecular weight excluding hydrogens is 578 g/mol. The van der Waals surface area contributed by atoms with Gasteiger partial charge in [-0.2, -0.15) is 0 Å². The van der Waals surface area contributed by atoms with Gasteiger partial charge in [-0.15, -0.1) is 0 Å². The third-order valence-corrected chi connectivity index (χ3v) is 8.48. The molecule has 0 spiro atoms. The van der Waals surface area contributed by atoms with Crippen LogP contribution < -0.4 is 19.6 Å². The highest BCUT2D eigenvalue weighted by Crippen LogP contribution is 2.40. The van der Waals surface area contributed by atoms with E-state index in [1.807, 2.05) is 57.2 Å². The average Bonchev–Trinajstić information content (AvgIpc) is 3.24. The van der Waals surface area contributed by atoms with Crippen LogP contribution in [0.15, 0.2) is 80.1 Å². The Kier molecular flexibility index (Phi) is 7.46. The second-order valence-corrected chi connectivity index (χ2v) is 11.1. The van der Waals surface area contributed by atoms with Gasteiger partial charge < -0.3 is 14.7 Å². The maximum Gasteiger partial charge on any atom is 0.271 e. The second kappa shape index (κ2) is 10.8. The summed E-state index contributed by atoms with van der Waals surface area (Å²) in [5.41, 5.74) is 1.94. The number of phenols is 1. The first kappa shape index (κ1) is 26.9. The second-order valence-electron chi connectivity index (χ2n) is 9.17. The number of carbonyl (C=O) groups is 1. The fraction of sp³-hybridized carbons (Fsp3) is 0.233. The Morgan fingerprint density at radius 3 is 2.64 bits per heavy atom. The zero-order valence-corrected chi connectivity index (χ0v) is 24.5. The molecule has 1 aromatic heterocycles. The summed E-state index contributed by atoms with van der Waals surface area (Å²) in [5, 5.41) is 12.3. The molecule has 1 N–H and O–H groups in total. The number of aromatic hydroxyl groups is 1. The van der Waals surface area contributed by atoms with Gasteiger partial charge in [0.15, 0.2) is 4.80 Å². The molecule has 1 aliphatic rings. The number of hydrogen-bond donors (Lipinski definition) is 1. The number of carbonyl (C=O) groups excluding carboxylic acids is 1. The number of allylic oxidation sites excluding steroid dienone is 1. The molecule has 4 aromatic rings. The lowest BCUT2D eigenvalue weighted by Crippen LogP contribution is -2.43. The molecule has 0 saturated carbocycles. The van der Waals surface area contributed by atoms with E-state index in [9.17, 15) is 14.7 Å². The van der Waals surface area contributed by atoms with Gasteiger partial charge in [0.05, 0.1) is 22.9 Å². The van der Waals surface area contributed by atoms with Crippen molar-refractivity contribution in [1.29, 1.82) is 0 Å². The predicted molar refractivity (Wildman–Crippen MR) is 158 cm³/mol. The van der Waals surface area contributed by atoms with Gasteiger partial charge in [0.2, 0.25) is 0 Å². The lowest BCUT2D eigenvalue weighted by molar-refractivity contribution is -0.127. The summed E-state index contributed by atoms with van der Waals surface area (Å²) < 4.78 is 8.61. The Morgan fingerprint density at radius 2 is 1.92 bits per heavy atom. The van der Waals surface area contributed by atoms with Crippen molar-refractivity contribution in [2.75, 3.05) is 20.2 Å². The van der Waals surface area contributed by atoms with Crippen LogP contribution in [0.3, 0.4) is 0 Å². The van der Waals surface area contributed by atoms with Crippen molar-refractivity contribution in [1.82, 2.24) is 9.47 Å². The summed E-state index contributed by atoms with van der Waals surface area (Å²) in [5.74, 6) is 0.475. The maximum absolute atomic E-state index is 14.1. The largest absolute Gasteiger partial charge is 0.507 e. The van der Waals surface area contributed by atoms with Crippen molar-refractivity contribution in [3.05, 3.63) is 101 Å². The number of thiazole rings is 1. The first-order valence-corrected chi connectivity index (χ1v) is 14.3. The van der Waals surface area contributed by atoms with Crippen LogP contribution in [0.25, 0.3) is 16.8 Å². The van der Waals surface area contributed by atoms with Crippen LogP contribution in [-0.4, -0.2) is 40.7 Å². The summed E-state index contributed by atoms with van der Waals surface area (Å²) >= 11 is 4.66.